The molecule has 0 saturated heterocycles. The van der Waals surface area contributed by atoms with Crippen LogP contribution in [-0.4, -0.2) is 33.2 Å². The second-order valence-corrected chi connectivity index (χ2v) is 3.87. The van der Waals surface area contributed by atoms with E-state index in [0.29, 0.717) is 6.54 Å². The maximum atomic E-state index is 10.4. The minimum Gasteiger partial charge on any atom is -0.478 e. The number of aliphatic carboxylic acids is 1. The van der Waals surface area contributed by atoms with Crippen molar-refractivity contribution in [2.75, 3.05) is 6.54 Å². The summed E-state index contributed by atoms with van der Waals surface area (Å²) in [6.07, 6.45) is 6.62. The first-order chi connectivity index (χ1) is 7.58. The molecular weight excluding hydrogens is 206 g/mol. The molecular formula is C11H17N3O2. The Balaban J connectivity index is 2.30. The third-order valence-electron chi connectivity index (χ3n) is 2.14. The second kappa shape index (κ2) is 6.07. The molecule has 1 aromatic heterocycles. The maximum Gasteiger partial charge on any atom is 0.328 e. The number of hydrogen-bond acceptors (Lipinski definition) is 3. The smallest absolute Gasteiger partial charge is 0.328 e. The molecule has 0 aliphatic carbocycles. The monoisotopic (exact) mass is 223 g/mol. The van der Waals surface area contributed by atoms with Crippen LogP contribution in [0.4, 0.5) is 0 Å². The molecule has 0 fully saturated rings. The highest BCUT2D eigenvalue weighted by Crippen LogP contribution is 1.94. The largest absolute Gasteiger partial charge is 0.478 e. The molecule has 0 bridgehead atoms. The van der Waals surface area contributed by atoms with Gasteiger partial charge in [-0.2, -0.15) is 0 Å². The van der Waals surface area contributed by atoms with Crippen LogP contribution in [0.3, 0.4) is 0 Å². The summed E-state index contributed by atoms with van der Waals surface area (Å²) in [6.45, 7) is 5.25. The van der Waals surface area contributed by atoms with Gasteiger partial charge in [0.1, 0.15) is 0 Å². The van der Waals surface area contributed by atoms with Gasteiger partial charge in [-0.25, -0.2) is 9.78 Å². The third kappa shape index (κ3) is 4.75. The van der Waals surface area contributed by atoms with Gasteiger partial charge in [-0.15, -0.1) is 0 Å². The Morgan fingerprint density at radius 3 is 3.00 bits per heavy atom. The van der Waals surface area contributed by atoms with Crippen LogP contribution in [0, 0.1) is 0 Å². The van der Waals surface area contributed by atoms with Crippen molar-refractivity contribution in [2.24, 2.45) is 0 Å². The van der Waals surface area contributed by atoms with E-state index in [9.17, 15) is 4.79 Å². The summed E-state index contributed by atoms with van der Waals surface area (Å²) < 4.78 is 1.98. The zero-order valence-electron chi connectivity index (χ0n) is 9.55. The standard InChI is InChI=1S/C11H17N3O2/c1-9(5-11(15)16)6-13-10(2)7-14-4-3-12-8-14/h3-5,8,10,13H,6-7H2,1-2H3,(H,15,16)/b9-5+. The van der Waals surface area contributed by atoms with Crippen molar-refractivity contribution in [2.45, 2.75) is 26.4 Å². The molecule has 0 radical (unpaired) electrons. The molecule has 1 atom stereocenters. The van der Waals surface area contributed by atoms with Crippen LogP contribution >= 0.6 is 0 Å². The first-order valence-corrected chi connectivity index (χ1v) is 5.17. The molecule has 0 aliphatic heterocycles. The highest BCUT2D eigenvalue weighted by Gasteiger charge is 2.02. The molecule has 1 unspecified atom stereocenters. The normalized spacial score (nSPS) is 13.8. The Bertz CT molecular complexity index is 357. The van der Waals surface area contributed by atoms with Gasteiger partial charge in [-0.05, 0) is 13.8 Å². The maximum absolute atomic E-state index is 10.4. The van der Waals surface area contributed by atoms with Crippen molar-refractivity contribution in [3.05, 3.63) is 30.4 Å². The minimum atomic E-state index is -0.901. The van der Waals surface area contributed by atoms with Crippen molar-refractivity contribution in [3.63, 3.8) is 0 Å². The molecule has 0 amide bonds. The number of nitrogens with zero attached hydrogens (tertiary/aromatic N) is 2. The lowest BCUT2D eigenvalue weighted by Crippen LogP contribution is -2.31. The van der Waals surface area contributed by atoms with Gasteiger partial charge in [0.2, 0.25) is 0 Å². The highest BCUT2D eigenvalue weighted by atomic mass is 16.4. The van der Waals surface area contributed by atoms with Gasteiger partial charge in [0, 0.05) is 37.6 Å². The van der Waals surface area contributed by atoms with E-state index < -0.39 is 5.97 Å². The van der Waals surface area contributed by atoms with Gasteiger partial charge in [0.05, 0.1) is 6.33 Å². The summed E-state index contributed by atoms with van der Waals surface area (Å²) in [5.74, 6) is -0.901. The molecule has 5 heteroatoms. The van der Waals surface area contributed by atoms with E-state index in [1.54, 1.807) is 19.4 Å². The number of carbonyl (C=O) groups is 1. The zero-order chi connectivity index (χ0) is 12.0. The van der Waals surface area contributed by atoms with Gasteiger partial charge >= 0.3 is 5.97 Å². The minimum absolute atomic E-state index is 0.270. The van der Waals surface area contributed by atoms with Crippen molar-refractivity contribution in [1.29, 1.82) is 0 Å². The SMILES string of the molecule is C/C(=C\C(=O)O)CNC(C)Cn1ccnc1. The predicted molar refractivity (Wildman–Crippen MR) is 61.1 cm³/mol. The van der Waals surface area contributed by atoms with Crippen LogP contribution in [0.25, 0.3) is 0 Å². The lowest BCUT2D eigenvalue weighted by molar-refractivity contribution is -0.131. The molecule has 0 aromatic carbocycles. The average Bonchev–Trinajstić information content (AvgIpc) is 2.66. The molecule has 0 saturated carbocycles. The van der Waals surface area contributed by atoms with Crippen LogP contribution < -0.4 is 5.32 Å². The lowest BCUT2D eigenvalue weighted by Gasteiger charge is -2.14. The number of carboxylic acid groups (broad SMARTS) is 1. The van der Waals surface area contributed by atoms with Gasteiger partial charge < -0.3 is 15.0 Å². The Morgan fingerprint density at radius 1 is 1.69 bits per heavy atom. The Kier molecular flexibility index (Phi) is 4.72. The van der Waals surface area contributed by atoms with E-state index in [2.05, 4.69) is 10.3 Å². The number of rotatable bonds is 6. The Morgan fingerprint density at radius 2 is 2.44 bits per heavy atom. The van der Waals surface area contributed by atoms with Crippen molar-refractivity contribution >= 4 is 5.97 Å². The highest BCUT2D eigenvalue weighted by molar-refractivity contribution is 5.80. The first-order valence-electron chi connectivity index (χ1n) is 5.17. The molecule has 5 nitrogen and oxygen atoms in total. The van der Waals surface area contributed by atoms with E-state index in [1.807, 2.05) is 17.7 Å². The summed E-state index contributed by atoms with van der Waals surface area (Å²) >= 11 is 0. The average molecular weight is 223 g/mol. The van der Waals surface area contributed by atoms with E-state index in [-0.39, 0.29) is 6.04 Å². The fraction of sp³-hybridized carbons (Fsp3) is 0.455. The van der Waals surface area contributed by atoms with E-state index in [0.717, 1.165) is 12.1 Å². The summed E-state index contributed by atoms with van der Waals surface area (Å²) in [7, 11) is 0. The molecule has 0 spiro atoms. The topological polar surface area (TPSA) is 67.2 Å². The molecule has 16 heavy (non-hydrogen) atoms. The van der Waals surface area contributed by atoms with Gasteiger partial charge in [-0.1, -0.05) is 5.57 Å². The van der Waals surface area contributed by atoms with Gasteiger partial charge in [-0.3, -0.25) is 0 Å². The number of hydrogen-bond donors (Lipinski definition) is 2. The summed E-state index contributed by atoms with van der Waals surface area (Å²) in [6, 6.07) is 0.270. The van der Waals surface area contributed by atoms with E-state index >= 15 is 0 Å². The van der Waals surface area contributed by atoms with E-state index in [1.165, 1.54) is 6.08 Å². The van der Waals surface area contributed by atoms with Crippen molar-refractivity contribution in [3.8, 4) is 0 Å². The molecule has 1 heterocycles. The van der Waals surface area contributed by atoms with Crippen LogP contribution in [0.5, 0.6) is 0 Å². The third-order valence-corrected chi connectivity index (χ3v) is 2.14. The summed E-state index contributed by atoms with van der Waals surface area (Å²) in [5.41, 5.74) is 0.810. The molecule has 2 N–H and O–H groups in total. The van der Waals surface area contributed by atoms with Crippen LogP contribution in [0.2, 0.25) is 0 Å². The summed E-state index contributed by atoms with van der Waals surface area (Å²) in [4.78, 5) is 14.4. The molecule has 1 rings (SSSR count). The lowest BCUT2D eigenvalue weighted by atomic mass is 10.2. The molecule has 0 aliphatic rings. The first kappa shape index (κ1) is 12.4. The van der Waals surface area contributed by atoms with Crippen molar-refractivity contribution in [1.82, 2.24) is 14.9 Å². The van der Waals surface area contributed by atoms with Gasteiger partial charge in [0.15, 0.2) is 0 Å². The quantitative estimate of drug-likeness (QED) is 0.703. The van der Waals surface area contributed by atoms with Crippen molar-refractivity contribution < 1.29 is 9.90 Å². The fourth-order valence-corrected chi connectivity index (χ4v) is 1.37. The van der Waals surface area contributed by atoms with Crippen LogP contribution in [-0.2, 0) is 11.3 Å². The summed E-state index contributed by atoms with van der Waals surface area (Å²) in [5, 5.41) is 11.8. The molecule has 88 valence electrons. The fourth-order valence-electron chi connectivity index (χ4n) is 1.37. The van der Waals surface area contributed by atoms with Gasteiger partial charge in [0.25, 0.3) is 0 Å². The second-order valence-electron chi connectivity index (χ2n) is 3.87. The predicted octanol–water partition coefficient (Wildman–Crippen LogP) is 0.892. The van der Waals surface area contributed by atoms with Crippen LogP contribution in [0.1, 0.15) is 13.8 Å². The van der Waals surface area contributed by atoms with E-state index in [4.69, 9.17) is 5.11 Å². The van der Waals surface area contributed by atoms with Crippen LogP contribution in [0.15, 0.2) is 30.4 Å². The zero-order valence-corrected chi connectivity index (χ0v) is 9.55. The number of aromatic nitrogens is 2. The number of imidazole rings is 1. The number of carboxylic acids is 1. The Hall–Kier alpha value is -1.62. The number of nitrogens with one attached hydrogen (secondary N) is 1. The Labute approximate surface area is 94.8 Å². The molecule has 1 aromatic rings.